The lowest BCUT2D eigenvalue weighted by atomic mass is 10.0. The van der Waals surface area contributed by atoms with Crippen LogP contribution in [0.25, 0.3) is 0 Å². The van der Waals surface area contributed by atoms with Gasteiger partial charge >= 0.3 is 0 Å². The van der Waals surface area contributed by atoms with Crippen molar-refractivity contribution in [2.24, 2.45) is 0 Å². The third-order valence-corrected chi connectivity index (χ3v) is 4.07. The monoisotopic (exact) mass is 348 g/mol. The molecular weight excluding hydrogens is 338 g/mol. The van der Waals surface area contributed by atoms with Crippen LogP contribution in [0.3, 0.4) is 0 Å². The zero-order valence-electron chi connectivity index (χ0n) is 11.0. The molecule has 0 bridgehead atoms. The maximum Gasteiger partial charge on any atom is 0.138 e. The highest BCUT2D eigenvalue weighted by molar-refractivity contribution is 6.34. The van der Waals surface area contributed by atoms with Crippen molar-refractivity contribution in [2.45, 2.75) is 12.5 Å². The molecule has 0 saturated carbocycles. The predicted octanol–water partition coefficient (Wildman–Crippen LogP) is 5.07. The van der Waals surface area contributed by atoms with Crippen molar-refractivity contribution < 1.29 is 14.2 Å². The van der Waals surface area contributed by atoms with Crippen molar-refractivity contribution in [3.05, 3.63) is 62.3 Å². The number of methoxy groups -OCH3 is 1. The molecule has 0 aliphatic rings. The molecule has 1 atom stereocenters. The van der Waals surface area contributed by atoms with Crippen molar-refractivity contribution in [1.82, 2.24) is 0 Å². The molecule has 0 aliphatic heterocycles. The van der Waals surface area contributed by atoms with Crippen LogP contribution in [-0.2, 0) is 6.42 Å². The Morgan fingerprint density at radius 1 is 1.14 bits per heavy atom. The zero-order valence-corrected chi connectivity index (χ0v) is 13.3. The molecule has 2 aromatic rings. The summed E-state index contributed by atoms with van der Waals surface area (Å²) >= 11 is 18.1. The van der Waals surface area contributed by atoms with Gasteiger partial charge in [0.1, 0.15) is 11.6 Å². The van der Waals surface area contributed by atoms with Gasteiger partial charge in [-0.1, -0.05) is 40.9 Å². The summed E-state index contributed by atoms with van der Waals surface area (Å²) in [6, 6.07) is 7.37. The Labute approximate surface area is 137 Å². The van der Waals surface area contributed by atoms with E-state index in [0.717, 1.165) is 0 Å². The summed E-state index contributed by atoms with van der Waals surface area (Å²) < 4.78 is 18.8. The molecule has 0 amide bonds. The maximum absolute atomic E-state index is 13.8. The molecule has 0 aliphatic carbocycles. The minimum Gasteiger partial charge on any atom is -0.495 e. The number of rotatable bonds is 4. The van der Waals surface area contributed by atoms with Gasteiger partial charge in [-0.25, -0.2) is 4.39 Å². The van der Waals surface area contributed by atoms with E-state index in [1.807, 2.05) is 0 Å². The summed E-state index contributed by atoms with van der Waals surface area (Å²) in [5.74, 6) is -0.0705. The predicted molar refractivity (Wildman–Crippen MR) is 83.1 cm³/mol. The van der Waals surface area contributed by atoms with E-state index < -0.39 is 11.9 Å². The summed E-state index contributed by atoms with van der Waals surface area (Å²) in [7, 11) is 1.47. The van der Waals surface area contributed by atoms with Crippen LogP contribution in [0.15, 0.2) is 30.3 Å². The number of aliphatic hydroxyl groups is 1. The zero-order chi connectivity index (χ0) is 15.6. The van der Waals surface area contributed by atoms with E-state index in [4.69, 9.17) is 39.5 Å². The molecule has 0 heterocycles. The number of benzene rings is 2. The van der Waals surface area contributed by atoms with Crippen LogP contribution < -0.4 is 4.74 Å². The topological polar surface area (TPSA) is 29.5 Å². The number of ether oxygens (including phenoxy) is 1. The smallest absolute Gasteiger partial charge is 0.138 e. The van der Waals surface area contributed by atoms with E-state index in [2.05, 4.69) is 0 Å². The Hall–Kier alpha value is -1.000. The van der Waals surface area contributed by atoms with E-state index in [1.165, 1.54) is 31.4 Å². The molecule has 2 rings (SSSR count). The van der Waals surface area contributed by atoms with E-state index in [9.17, 15) is 9.50 Å². The molecule has 0 saturated heterocycles. The van der Waals surface area contributed by atoms with Crippen LogP contribution >= 0.6 is 34.8 Å². The van der Waals surface area contributed by atoms with E-state index in [-0.39, 0.29) is 22.0 Å². The normalized spacial score (nSPS) is 12.3. The van der Waals surface area contributed by atoms with Gasteiger partial charge in [-0.2, -0.15) is 0 Å². The van der Waals surface area contributed by atoms with Crippen molar-refractivity contribution >= 4 is 34.8 Å². The maximum atomic E-state index is 13.8. The Morgan fingerprint density at radius 2 is 1.86 bits per heavy atom. The summed E-state index contributed by atoms with van der Waals surface area (Å²) in [6.45, 7) is 0. The standard InChI is InChI=1S/C15H12Cl3FO2/c1-21-15-7-11(17)9(5-12(15)18)14(20)6-8-10(16)3-2-4-13(8)19/h2-5,7,14,20H,6H2,1H3. The van der Waals surface area contributed by atoms with Gasteiger partial charge in [0, 0.05) is 28.6 Å². The average molecular weight is 350 g/mol. The second-order valence-electron chi connectivity index (χ2n) is 4.43. The SMILES string of the molecule is COc1cc(Cl)c(C(O)Cc2c(F)cccc2Cl)cc1Cl. The molecule has 1 unspecified atom stereocenters. The second-order valence-corrected chi connectivity index (χ2v) is 5.65. The molecule has 1 N–H and O–H groups in total. The third kappa shape index (κ3) is 3.61. The number of hydrogen-bond acceptors (Lipinski definition) is 2. The minimum absolute atomic E-state index is 0.00607. The lowest BCUT2D eigenvalue weighted by Gasteiger charge is -2.16. The van der Waals surface area contributed by atoms with Crippen LogP contribution in [0.1, 0.15) is 17.2 Å². The minimum atomic E-state index is -1.03. The Morgan fingerprint density at radius 3 is 2.48 bits per heavy atom. The lowest BCUT2D eigenvalue weighted by molar-refractivity contribution is 0.177. The first-order valence-electron chi connectivity index (χ1n) is 6.08. The van der Waals surface area contributed by atoms with Gasteiger partial charge in [-0.15, -0.1) is 0 Å². The first kappa shape index (κ1) is 16.4. The number of hydrogen-bond donors (Lipinski definition) is 1. The number of aliphatic hydroxyl groups excluding tert-OH is 1. The fourth-order valence-corrected chi connectivity index (χ4v) is 2.76. The van der Waals surface area contributed by atoms with Crippen LogP contribution in [0, 0.1) is 5.82 Å². The van der Waals surface area contributed by atoms with Crippen LogP contribution in [0.5, 0.6) is 5.75 Å². The summed E-state index contributed by atoms with van der Waals surface area (Å²) in [6.07, 6.45) is -1.04. The first-order chi connectivity index (χ1) is 9.93. The van der Waals surface area contributed by atoms with E-state index >= 15 is 0 Å². The van der Waals surface area contributed by atoms with Gasteiger partial charge in [-0.3, -0.25) is 0 Å². The van der Waals surface area contributed by atoms with Crippen LogP contribution in [0.2, 0.25) is 15.1 Å². The van der Waals surface area contributed by atoms with E-state index in [0.29, 0.717) is 16.3 Å². The largest absolute Gasteiger partial charge is 0.495 e. The van der Waals surface area contributed by atoms with Crippen molar-refractivity contribution in [2.75, 3.05) is 7.11 Å². The van der Waals surface area contributed by atoms with Crippen LogP contribution in [0.4, 0.5) is 4.39 Å². The third-order valence-electron chi connectivity index (χ3n) is 3.09. The summed E-state index contributed by atoms with van der Waals surface area (Å²) in [5, 5.41) is 11.1. The lowest BCUT2D eigenvalue weighted by Crippen LogP contribution is -2.05. The second kappa shape index (κ2) is 6.84. The molecule has 0 spiro atoms. The first-order valence-corrected chi connectivity index (χ1v) is 7.21. The molecule has 21 heavy (non-hydrogen) atoms. The van der Waals surface area contributed by atoms with Gasteiger partial charge in [0.15, 0.2) is 0 Å². The van der Waals surface area contributed by atoms with Crippen molar-refractivity contribution in [3.8, 4) is 5.75 Å². The molecule has 2 aromatic carbocycles. The Balaban J connectivity index is 2.33. The highest BCUT2D eigenvalue weighted by Gasteiger charge is 2.18. The molecule has 112 valence electrons. The van der Waals surface area contributed by atoms with Gasteiger partial charge in [0.05, 0.1) is 23.3 Å². The summed E-state index contributed by atoms with van der Waals surface area (Å²) in [4.78, 5) is 0. The quantitative estimate of drug-likeness (QED) is 0.835. The molecule has 2 nitrogen and oxygen atoms in total. The summed E-state index contributed by atoms with van der Waals surface area (Å²) in [5.41, 5.74) is 0.622. The molecular formula is C15H12Cl3FO2. The van der Waals surface area contributed by atoms with Gasteiger partial charge in [0.25, 0.3) is 0 Å². The van der Waals surface area contributed by atoms with Crippen molar-refractivity contribution in [1.29, 1.82) is 0 Å². The van der Waals surface area contributed by atoms with Crippen LogP contribution in [-0.4, -0.2) is 12.2 Å². The highest BCUT2D eigenvalue weighted by Crippen LogP contribution is 2.36. The fraction of sp³-hybridized carbons (Fsp3) is 0.200. The fourth-order valence-electron chi connectivity index (χ4n) is 1.99. The highest BCUT2D eigenvalue weighted by atomic mass is 35.5. The van der Waals surface area contributed by atoms with E-state index in [1.54, 1.807) is 6.07 Å². The van der Waals surface area contributed by atoms with Gasteiger partial charge in [-0.05, 0) is 18.2 Å². The van der Waals surface area contributed by atoms with Gasteiger partial charge in [0.2, 0.25) is 0 Å². The Bertz CT molecular complexity index is 641. The molecule has 0 radical (unpaired) electrons. The Kier molecular flexibility index (Phi) is 5.33. The number of halogens is 4. The van der Waals surface area contributed by atoms with Crippen molar-refractivity contribution in [3.63, 3.8) is 0 Å². The molecule has 0 aromatic heterocycles. The average Bonchev–Trinajstić information content (AvgIpc) is 2.44. The molecule has 0 fully saturated rings. The van der Waals surface area contributed by atoms with Gasteiger partial charge < -0.3 is 9.84 Å². The molecule has 6 heteroatoms.